The molecular weight excluding hydrogens is 766 g/mol. The van der Waals surface area contributed by atoms with E-state index < -0.39 is 29.4 Å². The summed E-state index contributed by atoms with van der Waals surface area (Å²) < 4.78 is 30.0. The van der Waals surface area contributed by atoms with Crippen LogP contribution in [0.1, 0.15) is 84.0 Å². The summed E-state index contributed by atoms with van der Waals surface area (Å²) in [6, 6.07) is 4.39. The van der Waals surface area contributed by atoms with E-state index >= 15 is 0 Å². The summed E-state index contributed by atoms with van der Waals surface area (Å²) in [5, 5.41) is 11.3. The van der Waals surface area contributed by atoms with Gasteiger partial charge in [0.05, 0.1) is 44.2 Å². The lowest BCUT2D eigenvalue weighted by atomic mass is 9.91. The van der Waals surface area contributed by atoms with Crippen molar-refractivity contribution < 1.29 is 48.0 Å². The molecule has 5 fully saturated rings. The molecule has 1 amide bonds. The molecular formula is C44H56ClN3O10. The predicted octanol–water partition coefficient (Wildman–Crippen LogP) is 6.26. The highest BCUT2D eigenvalue weighted by Crippen LogP contribution is 2.57. The molecule has 13 nitrogen and oxygen atoms in total. The first-order chi connectivity index (χ1) is 28.1. The number of allylic oxidation sites excluding steroid dienone is 2. The number of carboxylic acids is 1. The lowest BCUT2D eigenvalue weighted by molar-refractivity contribution is -0.154. The van der Waals surface area contributed by atoms with Gasteiger partial charge < -0.3 is 33.7 Å². The van der Waals surface area contributed by atoms with Gasteiger partial charge in [0.1, 0.15) is 40.9 Å². The molecule has 3 aliphatic carbocycles. The van der Waals surface area contributed by atoms with Crippen molar-refractivity contribution in [2.24, 2.45) is 29.1 Å². The first-order valence-electron chi connectivity index (χ1n) is 21.4. The van der Waals surface area contributed by atoms with Crippen molar-refractivity contribution in [2.45, 2.75) is 102 Å². The number of pyridine rings is 1. The largest absolute Gasteiger partial charge is 0.491 e. The lowest BCUT2D eigenvalue weighted by Gasteiger charge is -2.28. The Morgan fingerprint density at radius 3 is 2.60 bits per heavy atom. The van der Waals surface area contributed by atoms with Gasteiger partial charge in [0.2, 0.25) is 11.8 Å². The van der Waals surface area contributed by atoms with Crippen LogP contribution in [0.25, 0.3) is 10.9 Å². The van der Waals surface area contributed by atoms with Gasteiger partial charge in [-0.2, -0.15) is 0 Å². The van der Waals surface area contributed by atoms with Crippen molar-refractivity contribution in [1.29, 1.82) is 0 Å². The van der Waals surface area contributed by atoms with E-state index in [1.807, 2.05) is 25.1 Å². The van der Waals surface area contributed by atoms with Crippen LogP contribution in [0, 0.1) is 29.1 Å². The Hall–Kier alpha value is -3.94. The first-order valence-corrected chi connectivity index (χ1v) is 21.8. The monoisotopic (exact) mass is 821 g/mol. The average molecular weight is 822 g/mol. The van der Waals surface area contributed by atoms with Gasteiger partial charge in [0.15, 0.2) is 5.78 Å². The Kier molecular flexibility index (Phi) is 12.5. The molecule has 314 valence electrons. The number of hydrogen-bond donors (Lipinski definition) is 1. The smallest absolute Gasteiger partial charge is 0.310 e. The fourth-order valence-electron chi connectivity index (χ4n) is 9.71. The molecule has 14 heteroatoms. The molecule has 2 saturated heterocycles. The molecule has 3 aliphatic heterocycles. The van der Waals surface area contributed by atoms with Crippen molar-refractivity contribution >= 4 is 46.1 Å². The number of carboxylic acid groups (broad SMARTS) is 1. The molecule has 1 aromatic carbocycles. The van der Waals surface area contributed by atoms with Gasteiger partial charge in [-0.25, -0.2) is 4.98 Å². The zero-order valence-electron chi connectivity index (χ0n) is 33.4. The Balaban J connectivity index is 1.04. The minimum Gasteiger partial charge on any atom is -0.491 e. The van der Waals surface area contributed by atoms with Crippen LogP contribution in [0.3, 0.4) is 0 Å². The van der Waals surface area contributed by atoms with Crippen molar-refractivity contribution in [1.82, 2.24) is 14.8 Å². The van der Waals surface area contributed by atoms with Gasteiger partial charge in [-0.3, -0.25) is 24.1 Å². The maximum atomic E-state index is 14.7. The molecule has 3 saturated carbocycles. The number of ketones is 1. The number of ether oxygens (including phenoxy) is 5. The summed E-state index contributed by atoms with van der Waals surface area (Å²) in [6.07, 6.45) is 10.3. The third kappa shape index (κ3) is 9.11. The number of aliphatic carboxylic acids is 1. The van der Waals surface area contributed by atoms with Crippen LogP contribution in [0.4, 0.5) is 0 Å². The second-order valence-corrected chi connectivity index (χ2v) is 17.5. The number of nitrogens with zero attached hydrogens (tertiary/aromatic N) is 3. The quantitative estimate of drug-likeness (QED) is 0.190. The number of esters is 1. The highest BCUT2D eigenvalue weighted by Gasteiger charge is 2.61. The number of hydrogen-bond acceptors (Lipinski definition) is 11. The molecule has 8 atom stereocenters. The number of rotatable bonds is 12. The van der Waals surface area contributed by atoms with Gasteiger partial charge >= 0.3 is 11.9 Å². The number of benzene rings is 1. The normalized spacial score (nSPS) is 32.0. The van der Waals surface area contributed by atoms with E-state index in [0.717, 1.165) is 58.2 Å². The van der Waals surface area contributed by atoms with E-state index in [-0.39, 0.29) is 55.5 Å². The van der Waals surface area contributed by atoms with Gasteiger partial charge in [-0.1, -0.05) is 36.6 Å². The maximum absolute atomic E-state index is 14.7. The zero-order chi connectivity index (χ0) is 40.4. The van der Waals surface area contributed by atoms with Crippen LogP contribution >= 0.6 is 11.6 Å². The Morgan fingerprint density at radius 1 is 1.02 bits per heavy atom. The average Bonchev–Trinajstić information content (AvgIpc) is 4.01. The van der Waals surface area contributed by atoms with Crippen molar-refractivity contribution in [3.63, 3.8) is 0 Å². The Morgan fingerprint density at radius 2 is 1.83 bits per heavy atom. The second kappa shape index (κ2) is 17.7. The number of fused-ring (bicyclic) bond motifs is 4. The second-order valence-electron chi connectivity index (χ2n) is 17.2. The molecule has 8 rings (SSSR count). The summed E-state index contributed by atoms with van der Waals surface area (Å²) >= 11 is 6.94. The lowest BCUT2D eigenvalue weighted by Crippen LogP contribution is -2.45. The Labute approximate surface area is 344 Å². The topological polar surface area (TPSA) is 154 Å². The number of amides is 1. The predicted molar refractivity (Wildman–Crippen MR) is 214 cm³/mol. The fourth-order valence-corrected chi connectivity index (χ4v) is 9.97. The zero-order valence-corrected chi connectivity index (χ0v) is 34.2. The fraction of sp³-hybridized carbons (Fsp3) is 0.659. The molecule has 1 unspecified atom stereocenters. The van der Waals surface area contributed by atoms with E-state index in [2.05, 4.69) is 4.90 Å². The van der Waals surface area contributed by atoms with Crippen LogP contribution in [-0.2, 0) is 28.7 Å². The number of carbonyl (C=O) groups excluding carboxylic acids is 3. The van der Waals surface area contributed by atoms with Crippen molar-refractivity contribution in [3.05, 3.63) is 35.4 Å². The summed E-state index contributed by atoms with van der Waals surface area (Å²) in [5.74, 6) is -0.385. The molecule has 6 aliphatic rings. The molecule has 1 N–H and O–H groups in total. The summed E-state index contributed by atoms with van der Waals surface area (Å²) in [5.41, 5.74) is -0.764. The summed E-state index contributed by atoms with van der Waals surface area (Å²) in [7, 11) is 0. The third-order valence-corrected chi connectivity index (χ3v) is 13.6. The minimum atomic E-state index is -1.20. The number of halogens is 1. The summed E-state index contributed by atoms with van der Waals surface area (Å²) in [4.78, 5) is 63.6. The Bertz CT molecular complexity index is 1890. The highest BCUT2D eigenvalue weighted by atomic mass is 35.5. The minimum absolute atomic E-state index is 0.0588. The van der Waals surface area contributed by atoms with Crippen LogP contribution in [0.2, 0.25) is 5.02 Å². The molecule has 0 bridgehead atoms. The van der Waals surface area contributed by atoms with Crippen LogP contribution in [-0.4, -0.2) is 114 Å². The van der Waals surface area contributed by atoms with Gasteiger partial charge in [0, 0.05) is 49.8 Å². The first kappa shape index (κ1) is 40.8. The van der Waals surface area contributed by atoms with E-state index in [1.165, 1.54) is 6.42 Å². The van der Waals surface area contributed by atoms with E-state index in [9.17, 15) is 24.3 Å². The molecule has 58 heavy (non-hydrogen) atoms. The van der Waals surface area contributed by atoms with E-state index in [0.29, 0.717) is 84.4 Å². The van der Waals surface area contributed by atoms with Crippen molar-refractivity contribution in [3.8, 4) is 17.4 Å². The highest BCUT2D eigenvalue weighted by molar-refractivity contribution is 6.36. The summed E-state index contributed by atoms with van der Waals surface area (Å²) in [6.45, 7) is 6.53. The van der Waals surface area contributed by atoms with Crippen LogP contribution in [0.5, 0.6) is 17.4 Å². The van der Waals surface area contributed by atoms with Gasteiger partial charge in [0.25, 0.3) is 0 Å². The molecule has 0 spiro atoms. The van der Waals surface area contributed by atoms with Crippen LogP contribution < -0.4 is 14.2 Å². The number of morpholine rings is 1. The number of carbonyl (C=O) groups is 4. The molecule has 0 radical (unpaired) electrons. The third-order valence-electron chi connectivity index (χ3n) is 13.2. The van der Waals surface area contributed by atoms with Crippen molar-refractivity contribution in [2.75, 3.05) is 52.6 Å². The molecule has 1 aromatic heterocycles. The number of aromatic nitrogens is 1. The molecule has 4 heterocycles. The van der Waals surface area contributed by atoms with Gasteiger partial charge in [-0.05, 0) is 81.8 Å². The van der Waals surface area contributed by atoms with Crippen LogP contribution in [0.15, 0.2) is 30.4 Å². The SMILES string of the molecule is CCOc1cc(O[C@@H]2C[C@H]3C(=O)C[C@]4(C(=O)O)C[C@H]4/C=C\CCCCC[C@H](CC(=O)OC4C[C@@H]5C[C@@H]5C4)C(=O)N3C2)c2ccc(OCCN3CCOCC3)c(Cl)c2n1. The molecule has 2 aromatic rings. The maximum Gasteiger partial charge on any atom is 0.310 e. The number of Topliss-reactive ketones (excluding diaryl/α,β-unsaturated/α-hetero) is 1. The standard InChI is InChI=1S/C44H56ClN3O10/c1-2-55-38-23-37(33-10-11-36(40(45)41(33)46-38)56-17-14-47-12-15-54-16-13-47)57-32-22-34-35(49)25-44(43(52)53)24-30(44)9-7-5-3-4-6-8-27(42(51)48(34)26-32)21-39(50)58-31-19-28-18-29(28)20-31/h7,9-11,23,27-32,34H,2-6,8,12-22,24-26H2,1H3,(H,52,53)/b9-7-/t27-,28-,29+,30-,31?,32-,34+,44-/m1/s1. The van der Waals surface area contributed by atoms with E-state index in [4.69, 9.17) is 40.3 Å². The van der Waals surface area contributed by atoms with Gasteiger partial charge in [-0.15, -0.1) is 0 Å². The van der Waals surface area contributed by atoms with E-state index in [1.54, 1.807) is 17.0 Å².